The Morgan fingerprint density at radius 1 is 1.28 bits per heavy atom. The number of rotatable bonds is 2. The Kier molecular flexibility index (Phi) is 4.30. The Bertz CT molecular complexity index is 404. The number of likely N-dealkylation sites (tertiary alicyclic amines) is 1. The van der Waals surface area contributed by atoms with Gasteiger partial charge in [0.2, 0.25) is 5.91 Å². The fourth-order valence-corrected chi connectivity index (χ4v) is 4.85. The van der Waals surface area contributed by atoms with E-state index < -0.39 is 9.84 Å². The van der Waals surface area contributed by atoms with Crippen LogP contribution in [-0.4, -0.2) is 43.8 Å². The molecule has 2 saturated heterocycles. The molecule has 2 aliphatic rings. The molecular formula is C13H23NO3S. The first-order valence-corrected chi connectivity index (χ1v) is 8.76. The number of piperidine rings is 1. The molecule has 0 aromatic heterocycles. The van der Waals surface area contributed by atoms with E-state index >= 15 is 0 Å². The van der Waals surface area contributed by atoms with Crippen molar-refractivity contribution in [1.29, 1.82) is 0 Å². The molecule has 0 aromatic rings. The van der Waals surface area contributed by atoms with Crippen molar-refractivity contribution < 1.29 is 13.2 Å². The van der Waals surface area contributed by atoms with E-state index in [2.05, 4.69) is 6.92 Å². The highest BCUT2D eigenvalue weighted by Crippen LogP contribution is 2.23. The first kappa shape index (κ1) is 13.8. The summed E-state index contributed by atoms with van der Waals surface area (Å²) >= 11 is 0. The van der Waals surface area contributed by atoms with Gasteiger partial charge in [0.25, 0.3) is 0 Å². The fourth-order valence-electron chi connectivity index (χ4n) is 3.07. The van der Waals surface area contributed by atoms with Crippen molar-refractivity contribution in [3.05, 3.63) is 0 Å². The standard InChI is InChI=1S/C13H23NO3S/c1-11-4-2-6-14(9-11)13(15)8-12-5-3-7-18(16,17)10-12/h11-12H,2-10H2,1H3. The molecular weight excluding hydrogens is 250 g/mol. The van der Waals surface area contributed by atoms with Crippen LogP contribution in [0.25, 0.3) is 0 Å². The minimum atomic E-state index is -2.89. The maximum Gasteiger partial charge on any atom is 0.222 e. The van der Waals surface area contributed by atoms with Crippen LogP contribution in [0.3, 0.4) is 0 Å². The molecule has 0 aromatic carbocycles. The third-order valence-corrected chi connectivity index (χ3v) is 5.92. The number of hydrogen-bond donors (Lipinski definition) is 0. The van der Waals surface area contributed by atoms with Gasteiger partial charge in [-0.1, -0.05) is 6.92 Å². The zero-order valence-corrected chi connectivity index (χ0v) is 11.9. The minimum Gasteiger partial charge on any atom is -0.342 e. The lowest BCUT2D eigenvalue weighted by atomic mass is 9.97. The van der Waals surface area contributed by atoms with Crippen molar-refractivity contribution in [2.75, 3.05) is 24.6 Å². The van der Waals surface area contributed by atoms with Gasteiger partial charge in [0, 0.05) is 19.5 Å². The van der Waals surface area contributed by atoms with Crippen molar-refractivity contribution in [3.8, 4) is 0 Å². The molecule has 2 heterocycles. The first-order valence-electron chi connectivity index (χ1n) is 6.94. The Morgan fingerprint density at radius 2 is 2.06 bits per heavy atom. The largest absolute Gasteiger partial charge is 0.342 e. The van der Waals surface area contributed by atoms with E-state index in [0.717, 1.165) is 32.4 Å². The quantitative estimate of drug-likeness (QED) is 0.765. The molecule has 2 rings (SSSR count). The summed E-state index contributed by atoms with van der Waals surface area (Å²) < 4.78 is 23.1. The first-order chi connectivity index (χ1) is 8.46. The second-order valence-electron chi connectivity index (χ2n) is 5.91. The molecule has 2 atom stereocenters. The van der Waals surface area contributed by atoms with Gasteiger partial charge < -0.3 is 4.90 Å². The minimum absolute atomic E-state index is 0.0495. The fraction of sp³-hybridized carbons (Fsp3) is 0.923. The van der Waals surface area contributed by atoms with Gasteiger partial charge in [-0.05, 0) is 37.5 Å². The third-order valence-electron chi connectivity index (χ3n) is 4.03. The molecule has 4 nitrogen and oxygen atoms in total. The summed E-state index contributed by atoms with van der Waals surface area (Å²) in [5.41, 5.74) is 0. The predicted molar refractivity (Wildman–Crippen MR) is 71.0 cm³/mol. The van der Waals surface area contributed by atoms with Gasteiger partial charge in [-0.3, -0.25) is 4.79 Å². The summed E-state index contributed by atoms with van der Waals surface area (Å²) in [7, 11) is -2.89. The molecule has 18 heavy (non-hydrogen) atoms. The number of nitrogens with zero attached hydrogens (tertiary/aromatic N) is 1. The van der Waals surface area contributed by atoms with Crippen LogP contribution in [0.1, 0.15) is 39.0 Å². The summed E-state index contributed by atoms with van der Waals surface area (Å²) in [6.45, 7) is 3.87. The van der Waals surface area contributed by atoms with Gasteiger partial charge in [0.1, 0.15) is 0 Å². The van der Waals surface area contributed by atoms with Crippen molar-refractivity contribution in [1.82, 2.24) is 4.90 Å². The number of carbonyl (C=O) groups is 1. The predicted octanol–water partition coefficient (Wildman–Crippen LogP) is 1.46. The molecule has 1 amide bonds. The second kappa shape index (κ2) is 5.59. The Hall–Kier alpha value is -0.580. The lowest BCUT2D eigenvalue weighted by molar-refractivity contribution is -0.133. The maximum absolute atomic E-state index is 12.2. The zero-order valence-electron chi connectivity index (χ0n) is 11.1. The lowest BCUT2D eigenvalue weighted by Crippen LogP contribution is -2.40. The Labute approximate surface area is 110 Å². The van der Waals surface area contributed by atoms with Crippen LogP contribution in [0.5, 0.6) is 0 Å². The molecule has 0 spiro atoms. The molecule has 2 unspecified atom stereocenters. The van der Waals surface area contributed by atoms with Gasteiger partial charge in [-0.15, -0.1) is 0 Å². The second-order valence-corrected chi connectivity index (χ2v) is 8.14. The zero-order chi connectivity index (χ0) is 13.2. The van der Waals surface area contributed by atoms with E-state index in [0.29, 0.717) is 18.1 Å². The molecule has 0 N–H and O–H groups in total. The van der Waals surface area contributed by atoms with E-state index in [1.165, 1.54) is 6.42 Å². The van der Waals surface area contributed by atoms with Crippen molar-refractivity contribution in [2.45, 2.75) is 39.0 Å². The lowest BCUT2D eigenvalue weighted by Gasteiger charge is -2.32. The highest BCUT2D eigenvalue weighted by Gasteiger charge is 2.29. The van der Waals surface area contributed by atoms with Crippen LogP contribution in [-0.2, 0) is 14.6 Å². The van der Waals surface area contributed by atoms with Gasteiger partial charge in [-0.25, -0.2) is 8.42 Å². The van der Waals surface area contributed by atoms with Gasteiger partial charge in [0.15, 0.2) is 9.84 Å². The monoisotopic (exact) mass is 273 g/mol. The van der Waals surface area contributed by atoms with Crippen molar-refractivity contribution in [3.63, 3.8) is 0 Å². The van der Waals surface area contributed by atoms with Crippen LogP contribution in [0, 0.1) is 11.8 Å². The summed E-state index contributed by atoms with van der Waals surface area (Å²) in [4.78, 5) is 14.1. The maximum atomic E-state index is 12.2. The molecule has 2 fully saturated rings. The highest BCUT2D eigenvalue weighted by atomic mass is 32.2. The van der Waals surface area contributed by atoms with Gasteiger partial charge in [-0.2, -0.15) is 0 Å². The van der Waals surface area contributed by atoms with E-state index in [9.17, 15) is 13.2 Å². The number of sulfone groups is 1. The molecule has 5 heteroatoms. The van der Waals surface area contributed by atoms with E-state index in [1.54, 1.807) is 0 Å². The molecule has 0 aliphatic carbocycles. The van der Waals surface area contributed by atoms with Crippen molar-refractivity contribution in [2.24, 2.45) is 11.8 Å². The van der Waals surface area contributed by atoms with Crippen LogP contribution in [0.2, 0.25) is 0 Å². The summed E-state index contributed by atoms with van der Waals surface area (Å²) in [6, 6.07) is 0. The van der Waals surface area contributed by atoms with E-state index in [4.69, 9.17) is 0 Å². The molecule has 0 saturated carbocycles. The smallest absolute Gasteiger partial charge is 0.222 e. The van der Waals surface area contributed by atoms with E-state index in [-0.39, 0.29) is 17.6 Å². The van der Waals surface area contributed by atoms with Crippen molar-refractivity contribution >= 4 is 15.7 Å². The van der Waals surface area contributed by atoms with Gasteiger partial charge in [0.05, 0.1) is 11.5 Å². The number of carbonyl (C=O) groups excluding carboxylic acids is 1. The van der Waals surface area contributed by atoms with Gasteiger partial charge >= 0.3 is 0 Å². The normalized spacial score (nSPS) is 32.2. The summed E-state index contributed by atoms with van der Waals surface area (Å²) in [5, 5.41) is 0. The topological polar surface area (TPSA) is 54.5 Å². The highest BCUT2D eigenvalue weighted by molar-refractivity contribution is 7.91. The molecule has 0 bridgehead atoms. The summed E-state index contributed by atoms with van der Waals surface area (Å²) in [6.07, 6.45) is 4.30. The van der Waals surface area contributed by atoms with Crippen LogP contribution < -0.4 is 0 Å². The van der Waals surface area contributed by atoms with Crippen LogP contribution >= 0.6 is 0 Å². The molecule has 104 valence electrons. The SMILES string of the molecule is CC1CCCN(C(=O)CC2CCCS(=O)(=O)C2)C1. The Morgan fingerprint density at radius 3 is 2.72 bits per heavy atom. The average Bonchev–Trinajstić information content (AvgIpc) is 2.27. The van der Waals surface area contributed by atoms with Crippen LogP contribution in [0.15, 0.2) is 0 Å². The number of hydrogen-bond acceptors (Lipinski definition) is 3. The molecule has 2 aliphatic heterocycles. The van der Waals surface area contributed by atoms with E-state index in [1.807, 2.05) is 4.90 Å². The molecule has 0 radical (unpaired) electrons. The third kappa shape index (κ3) is 3.70. The Balaban J connectivity index is 1.87. The average molecular weight is 273 g/mol. The number of amides is 1. The van der Waals surface area contributed by atoms with Crippen LogP contribution in [0.4, 0.5) is 0 Å². The summed E-state index contributed by atoms with van der Waals surface area (Å²) in [5.74, 6) is 1.30.